The molecule has 7 nitrogen and oxygen atoms in total. The molecule has 0 unspecified atom stereocenters. The highest BCUT2D eigenvalue weighted by Crippen LogP contribution is 2.42. The third kappa shape index (κ3) is 3.89. The molecule has 0 aliphatic carbocycles. The van der Waals surface area contributed by atoms with Crippen LogP contribution >= 0.6 is 0 Å². The number of hydrogen-bond acceptors (Lipinski definition) is 6. The monoisotopic (exact) mass is 397 g/mol. The number of carbonyl (C=O) groups excluding carboxylic acids is 1. The number of aromatic amines is 1. The second-order valence-corrected chi connectivity index (χ2v) is 6.41. The van der Waals surface area contributed by atoms with E-state index in [0.717, 1.165) is 0 Å². The minimum Gasteiger partial charge on any atom is -0.507 e. The van der Waals surface area contributed by atoms with Gasteiger partial charge in [-0.3, -0.25) is 9.59 Å². The molecular formula is C22H23NO6. The van der Waals surface area contributed by atoms with Gasteiger partial charge in [0.1, 0.15) is 5.75 Å². The molecule has 0 spiro atoms. The van der Waals surface area contributed by atoms with Crippen molar-refractivity contribution in [3.63, 3.8) is 0 Å². The van der Waals surface area contributed by atoms with Crippen LogP contribution in [0.2, 0.25) is 0 Å². The van der Waals surface area contributed by atoms with Gasteiger partial charge < -0.3 is 24.3 Å². The molecule has 0 aliphatic heterocycles. The van der Waals surface area contributed by atoms with E-state index in [4.69, 9.17) is 14.2 Å². The summed E-state index contributed by atoms with van der Waals surface area (Å²) in [5.74, 6) is -0.628. The molecule has 1 aromatic heterocycles. The Morgan fingerprint density at radius 1 is 1.10 bits per heavy atom. The number of aromatic nitrogens is 1. The molecule has 3 rings (SSSR count). The van der Waals surface area contributed by atoms with Gasteiger partial charge in [-0.05, 0) is 25.1 Å². The summed E-state index contributed by atoms with van der Waals surface area (Å²) in [7, 11) is 2.98. The van der Waals surface area contributed by atoms with Gasteiger partial charge in [0.25, 0.3) is 5.56 Å². The maximum Gasteiger partial charge on any atom is 0.306 e. The molecule has 3 aromatic rings. The fourth-order valence-electron chi connectivity index (χ4n) is 3.50. The van der Waals surface area contributed by atoms with Crippen molar-refractivity contribution in [3.8, 4) is 17.2 Å². The number of esters is 1. The Morgan fingerprint density at radius 3 is 2.55 bits per heavy atom. The van der Waals surface area contributed by atoms with Crippen LogP contribution < -0.4 is 15.0 Å². The topological polar surface area (TPSA) is 97.8 Å². The number of benzene rings is 2. The van der Waals surface area contributed by atoms with Crippen LogP contribution in [-0.2, 0) is 9.53 Å². The first-order valence-electron chi connectivity index (χ1n) is 9.22. The number of carbonyl (C=O) groups is 1. The number of para-hydroxylation sites is 2. The standard InChI is InChI=1S/C22H23NO6/c1-4-29-18(24)12-15(13-9-7-11-17(27-2)21(13)28-3)19-20(25)14-8-5-6-10-16(14)23-22(19)26/h5-11,15H,4,12H2,1-3H3,(H2,23,25,26)/t15-/m0/s1. The molecule has 0 fully saturated rings. The van der Waals surface area contributed by atoms with Crippen LogP contribution in [0.25, 0.3) is 10.9 Å². The first-order chi connectivity index (χ1) is 14.0. The van der Waals surface area contributed by atoms with Crippen molar-refractivity contribution in [1.29, 1.82) is 0 Å². The maximum atomic E-state index is 12.9. The fraction of sp³-hybridized carbons (Fsp3) is 0.273. The van der Waals surface area contributed by atoms with Crippen molar-refractivity contribution in [2.24, 2.45) is 0 Å². The number of rotatable bonds is 7. The average Bonchev–Trinajstić information content (AvgIpc) is 2.72. The average molecular weight is 397 g/mol. The largest absolute Gasteiger partial charge is 0.507 e. The Labute approximate surface area is 167 Å². The Morgan fingerprint density at radius 2 is 1.86 bits per heavy atom. The SMILES string of the molecule is CCOC(=O)C[C@@H](c1cccc(OC)c1OC)c1c(O)c2ccccc2[nH]c1=O. The molecule has 0 saturated heterocycles. The molecule has 2 N–H and O–H groups in total. The number of H-pyrrole nitrogens is 1. The van der Waals surface area contributed by atoms with Gasteiger partial charge >= 0.3 is 5.97 Å². The third-order valence-corrected chi connectivity index (χ3v) is 4.76. The highest BCUT2D eigenvalue weighted by atomic mass is 16.5. The highest BCUT2D eigenvalue weighted by Gasteiger charge is 2.29. The zero-order valence-corrected chi connectivity index (χ0v) is 16.5. The van der Waals surface area contributed by atoms with Gasteiger partial charge in [-0.2, -0.15) is 0 Å². The first kappa shape index (κ1) is 20.3. The quantitative estimate of drug-likeness (QED) is 0.594. The van der Waals surface area contributed by atoms with E-state index >= 15 is 0 Å². The smallest absolute Gasteiger partial charge is 0.306 e. The fourth-order valence-corrected chi connectivity index (χ4v) is 3.50. The normalized spacial score (nSPS) is 11.8. The van der Waals surface area contributed by atoms with Crippen LogP contribution in [0.4, 0.5) is 0 Å². The lowest BCUT2D eigenvalue weighted by atomic mass is 9.87. The lowest BCUT2D eigenvalue weighted by Crippen LogP contribution is -2.21. The highest BCUT2D eigenvalue weighted by molar-refractivity contribution is 5.86. The lowest BCUT2D eigenvalue weighted by Gasteiger charge is -2.22. The molecule has 1 atom stereocenters. The summed E-state index contributed by atoms with van der Waals surface area (Å²) in [6.07, 6.45) is -0.146. The van der Waals surface area contributed by atoms with Crippen molar-refractivity contribution in [2.45, 2.75) is 19.3 Å². The summed E-state index contributed by atoms with van der Waals surface area (Å²) in [6.45, 7) is 1.92. The van der Waals surface area contributed by atoms with Crippen molar-refractivity contribution >= 4 is 16.9 Å². The van der Waals surface area contributed by atoms with E-state index in [2.05, 4.69) is 4.98 Å². The van der Waals surface area contributed by atoms with Crippen molar-refractivity contribution in [1.82, 2.24) is 4.98 Å². The molecule has 0 aliphatic rings. The minimum absolute atomic E-state index is 0.0725. The molecule has 0 radical (unpaired) electrons. The second kappa shape index (κ2) is 8.68. The van der Waals surface area contributed by atoms with Gasteiger partial charge in [-0.25, -0.2) is 0 Å². The van der Waals surface area contributed by atoms with E-state index in [0.29, 0.717) is 28.0 Å². The van der Waals surface area contributed by atoms with Gasteiger partial charge in [-0.15, -0.1) is 0 Å². The minimum atomic E-state index is -0.799. The van der Waals surface area contributed by atoms with Crippen LogP contribution in [0.5, 0.6) is 17.2 Å². The predicted octanol–water partition coefficient (Wildman–Crippen LogP) is 3.34. The van der Waals surface area contributed by atoms with Crippen molar-refractivity contribution in [2.75, 3.05) is 20.8 Å². The van der Waals surface area contributed by atoms with Gasteiger partial charge in [-0.1, -0.05) is 24.3 Å². The summed E-state index contributed by atoms with van der Waals surface area (Å²) >= 11 is 0. The van der Waals surface area contributed by atoms with E-state index in [1.54, 1.807) is 49.4 Å². The van der Waals surface area contributed by atoms with E-state index in [-0.39, 0.29) is 24.3 Å². The van der Waals surface area contributed by atoms with Crippen LogP contribution in [0.15, 0.2) is 47.3 Å². The number of fused-ring (bicyclic) bond motifs is 1. The van der Waals surface area contributed by atoms with Crippen LogP contribution in [0, 0.1) is 0 Å². The number of ether oxygens (including phenoxy) is 3. The van der Waals surface area contributed by atoms with Crippen LogP contribution in [0.3, 0.4) is 0 Å². The second-order valence-electron chi connectivity index (χ2n) is 6.41. The van der Waals surface area contributed by atoms with E-state index < -0.39 is 17.4 Å². The zero-order chi connectivity index (χ0) is 21.0. The van der Waals surface area contributed by atoms with Crippen molar-refractivity contribution < 1.29 is 24.1 Å². The molecule has 0 amide bonds. The van der Waals surface area contributed by atoms with E-state index in [1.807, 2.05) is 0 Å². The van der Waals surface area contributed by atoms with Crippen LogP contribution in [0.1, 0.15) is 30.4 Å². The third-order valence-electron chi connectivity index (χ3n) is 4.76. The Bertz CT molecular complexity index is 1090. The maximum absolute atomic E-state index is 12.9. The van der Waals surface area contributed by atoms with Gasteiger partial charge in [0.15, 0.2) is 11.5 Å². The molecule has 2 aromatic carbocycles. The summed E-state index contributed by atoms with van der Waals surface area (Å²) in [5, 5.41) is 11.4. The summed E-state index contributed by atoms with van der Waals surface area (Å²) in [6, 6.07) is 12.1. The van der Waals surface area contributed by atoms with E-state index in [9.17, 15) is 14.7 Å². The van der Waals surface area contributed by atoms with Gasteiger partial charge in [0, 0.05) is 16.9 Å². The molecular weight excluding hydrogens is 374 g/mol. The lowest BCUT2D eigenvalue weighted by molar-refractivity contribution is -0.143. The van der Waals surface area contributed by atoms with E-state index in [1.165, 1.54) is 14.2 Å². The Kier molecular flexibility index (Phi) is 6.07. The van der Waals surface area contributed by atoms with Gasteiger partial charge in [0.05, 0.1) is 38.3 Å². The number of methoxy groups -OCH3 is 2. The Balaban J connectivity index is 2.27. The van der Waals surface area contributed by atoms with Crippen molar-refractivity contribution in [3.05, 3.63) is 63.9 Å². The summed E-state index contributed by atoms with van der Waals surface area (Å²) in [4.78, 5) is 28.1. The first-order valence-corrected chi connectivity index (χ1v) is 9.22. The van der Waals surface area contributed by atoms with Gasteiger partial charge in [0.2, 0.25) is 0 Å². The molecule has 7 heteroatoms. The predicted molar refractivity (Wildman–Crippen MR) is 109 cm³/mol. The molecule has 152 valence electrons. The molecule has 0 bridgehead atoms. The Hall–Kier alpha value is -3.48. The number of hydrogen-bond donors (Lipinski definition) is 2. The van der Waals surface area contributed by atoms with Crippen LogP contribution in [-0.4, -0.2) is 36.9 Å². The summed E-state index contributed by atoms with van der Waals surface area (Å²) in [5.41, 5.74) is 0.630. The number of nitrogens with one attached hydrogen (secondary N) is 1. The molecule has 1 heterocycles. The zero-order valence-electron chi connectivity index (χ0n) is 16.5. The molecule has 0 saturated carbocycles. The number of aromatic hydroxyl groups is 1. The molecule has 29 heavy (non-hydrogen) atoms. The summed E-state index contributed by atoms with van der Waals surface area (Å²) < 4.78 is 16.0. The number of pyridine rings is 1.